The van der Waals surface area contributed by atoms with E-state index in [1.165, 1.54) is 23.0 Å². The molecule has 0 aliphatic carbocycles. The zero-order valence-corrected chi connectivity index (χ0v) is 19.7. The van der Waals surface area contributed by atoms with E-state index in [0.29, 0.717) is 11.7 Å². The van der Waals surface area contributed by atoms with Crippen LogP contribution in [0.2, 0.25) is 0 Å². The van der Waals surface area contributed by atoms with Crippen LogP contribution in [0.25, 0.3) is 6.08 Å². The SMILES string of the molecule is Cc1nc(COc2ccc(/C=C/C(=O)Nc3nnc(SCc4ccccc4)s3)cc2)cs1. The Morgan fingerprint density at radius 1 is 1.12 bits per heavy atom. The van der Waals surface area contributed by atoms with Crippen LogP contribution in [0.3, 0.4) is 0 Å². The second-order valence-electron chi connectivity index (χ2n) is 6.69. The zero-order valence-electron chi connectivity index (χ0n) is 17.2. The van der Waals surface area contributed by atoms with E-state index in [0.717, 1.165) is 32.1 Å². The number of thioether (sulfide) groups is 1. The minimum absolute atomic E-state index is 0.250. The zero-order chi connectivity index (χ0) is 22.2. The number of benzene rings is 2. The van der Waals surface area contributed by atoms with Gasteiger partial charge in [-0.25, -0.2) is 4.98 Å². The average Bonchev–Trinajstić information content (AvgIpc) is 3.44. The Hall–Kier alpha value is -3.01. The van der Waals surface area contributed by atoms with E-state index in [4.69, 9.17) is 4.74 Å². The summed E-state index contributed by atoms with van der Waals surface area (Å²) in [4.78, 5) is 16.6. The number of thiazole rings is 1. The van der Waals surface area contributed by atoms with Gasteiger partial charge in [0.05, 0.1) is 10.7 Å². The number of amides is 1. The predicted molar refractivity (Wildman–Crippen MR) is 131 cm³/mol. The van der Waals surface area contributed by atoms with Crippen LogP contribution in [0.4, 0.5) is 5.13 Å². The van der Waals surface area contributed by atoms with Gasteiger partial charge >= 0.3 is 0 Å². The first-order chi connectivity index (χ1) is 15.6. The van der Waals surface area contributed by atoms with Gasteiger partial charge in [-0.2, -0.15) is 0 Å². The average molecular weight is 481 g/mol. The lowest BCUT2D eigenvalue weighted by atomic mass is 10.2. The van der Waals surface area contributed by atoms with Crippen molar-refractivity contribution in [2.45, 2.75) is 23.6 Å². The molecule has 0 radical (unpaired) electrons. The summed E-state index contributed by atoms with van der Waals surface area (Å²) in [6.45, 7) is 2.41. The van der Waals surface area contributed by atoms with Crippen molar-refractivity contribution >= 4 is 51.6 Å². The van der Waals surface area contributed by atoms with Gasteiger partial charge in [-0.05, 0) is 36.3 Å². The van der Waals surface area contributed by atoms with Gasteiger partial charge in [-0.1, -0.05) is 65.6 Å². The number of ether oxygens (including phenoxy) is 1. The van der Waals surface area contributed by atoms with Crippen LogP contribution in [0, 0.1) is 6.92 Å². The number of carbonyl (C=O) groups excluding carboxylic acids is 1. The van der Waals surface area contributed by atoms with Crippen LogP contribution in [0.5, 0.6) is 5.75 Å². The molecule has 0 saturated carbocycles. The Morgan fingerprint density at radius 3 is 2.69 bits per heavy atom. The van der Waals surface area contributed by atoms with Gasteiger partial charge < -0.3 is 4.74 Å². The summed E-state index contributed by atoms with van der Waals surface area (Å²) in [6.07, 6.45) is 3.22. The fourth-order valence-corrected chi connectivity index (χ4v) is 4.97. The molecule has 32 heavy (non-hydrogen) atoms. The number of carbonyl (C=O) groups is 1. The first-order valence-corrected chi connectivity index (χ1v) is 12.5. The third-order valence-corrected chi connectivity index (χ3v) is 7.07. The van der Waals surface area contributed by atoms with Gasteiger partial charge in [-0.3, -0.25) is 10.1 Å². The molecule has 6 nitrogen and oxygen atoms in total. The van der Waals surface area contributed by atoms with Gasteiger partial charge in [0.25, 0.3) is 0 Å². The summed E-state index contributed by atoms with van der Waals surface area (Å²) < 4.78 is 6.56. The van der Waals surface area contributed by atoms with Crippen LogP contribution in [0.15, 0.2) is 70.4 Å². The Kier molecular flexibility index (Phi) is 7.65. The van der Waals surface area contributed by atoms with E-state index in [9.17, 15) is 4.79 Å². The van der Waals surface area contributed by atoms with Gasteiger partial charge in [0.15, 0.2) is 4.34 Å². The third-order valence-electron chi connectivity index (χ3n) is 4.20. The Balaban J connectivity index is 1.24. The van der Waals surface area contributed by atoms with E-state index in [1.54, 1.807) is 29.2 Å². The Labute approximate surface area is 198 Å². The highest BCUT2D eigenvalue weighted by Crippen LogP contribution is 2.28. The molecule has 1 N–H and O–H groups in total. The van der Waals surface area contributed by atoms with E-state index < -0.39 is 0 Å². The number of rotatable bonds is 9. The fraction of sp³-hybridized carbons (Fsp3) is 0.130. The van der Waals surface area contributed by atoms with Crippen molar-refractivity contribution in [3.63, 3.8) is 0 Å². The maximum Gasteiger partial charge on any atom is 0.250 e. The molecule has 162 valence electrons. The number of aryl methyl sites for hydroxylation is 1. The quantitative estimate of drug-likeness (QED) is 0.185. The number of nitrogens with one attached hydrogen (secondary N) is 1. The molecule has 0 bridgehead atoms. The molecule has 9 heteroatoms. The molecule has 4 aromatic rings. The second-order valence-corrected chi connectivity index (χ2v) is 9.95. The van der Waals surface area contributed by atoms with Crippen molar-refractivity contribution in [2.24, 2.45) is 0 Å². The van der Waals surface area contributed by atoms with Crippen LogP contribution in [-0.4, -0.2) is 21.1 Å². The van der Waals surface area contributed by atoms with Gasteiger partial charge in [0.1, 0.15) is 12.4 Å². The van der Waals surface area contributed by atoms with Crippen molar-refractivity contribution in [1.82, 2.24) is 15.2 Å². The maximum absolute atomic E-state index is 12.2. The van der Waals surface area contributed by atoms with E-state index >= 15 is 0 Å². The van der Waals surface area contributed by atoms with E-state index in [1.807, 2.05) is 54.8 Å². The van der Waals surface area contributed by atoms with Crippen molar-refractivity contribution < 1.29 is 9.53 Å². The second kappa shape index (κ2) is 11.0. The Bertz CT molecular complexity index is 1190. The normalized spacial score (nSPS) is 11.0. The fourth-order valence-electron chi connectivity index (χ4n) is 2.66. The largest absolute Gasteiger partial charge is 0.487 e. The van der Waals surface area contributed by atoms with Crippen LogP contribution in [0.1, 0.15) is 21.8 Å². The van der Waals surface area contributed by atoms with Crippen molar-refractivity contribution in [2.75, 3.05) is 5.32 Å². The molecular weight excluding hydrogens is 460 g/mol. The summed E-state index contributed by atoms with van der Waals surface area (Å²) >= 11 is 4.57. The molecule has 0 spiro atoms. The molecule has 0 aliphatic rings. The molecule has 4 rings (SSSR count). The highest BCUT2D eigenvalue weighted by Gasteiger charge is 2.07. The van der Waals surface area contributed by atoms with Crippen molar-refractivity contribution in [3.8, 4) is 5.75 Å². The minimum Gasteiger partial charge on any atom is -0.487 e. The molecular formula is C23H20N4O2S3. The van der Waals surface area contributed by atoms with Crippen LogP contribution in [-0.2, 0) is 17.2 Å². The summed E-state index contributed by atoms with van der Waals surface area (Å²) in [5.41, 5.74) is 3.04. The molecule has 1 amide bonds. The highest BCUT2D eigenvalue weighted by atomic mass is 32.2. The molecule has 0 unspecified atom stereocenters. The van der Waals surface area contributed by atoms with E-state index in [2.05, 4.69) is 32.6 Å². The predicted octanol–water partition coefficient (Wildman–Crippen LogP) is 5.83. The number of hydrogen-bond donors (Lipinski definition) is 1. The summed E-state index contributed by atoms with van der Waals surface area (Å²) in [7, 11) is 0. The summed E-state index contributed by atoms with van der Waals surface area (Å²) in [5.74, 6) is 1.32. The Morgan fingerprint density at radius 2 is 1.94 bits per heavy atom. The van der Waals surface area contributed by atoms with Crippen LogP contribution >= 0.6 is 34.4 Å². The smallest absolute Gasteiger partial charge is 0.250 e. The number of nitrogens with zero attached hydrogens (tertiary/aromatic N) is 3. The van der Waals surface area contributed by atoms with Gasteiger partial charge in [-0.15, -0.1) is 21.5 Å². The lowest BCUT2D eigenvalue weighted by molar-refractivity contribution is -0.111. The minimum atomic E-state index is -0.250. The summed E-state index contributed by atoms with van der Waals surface area (Å²) in [6, 6.07) is 17.7. The monoisotopic (exact) mass is 480 g/mol. The summed E-state index contributed by atoms with van der Waals surface area (Å²) in [5, 5.41) is 14.4. The number of aromatic nitrogens is 3. The topological polar surface area (TPSA) is 77.0 Å². The third kappa shape index (κ3) is 6.74. The lowest BCUT2D eigenvalue weighted by Gasteiger charge is -2.04. The number of hydrogen-bond acceptors (Lipinski definition) is 8. The molecule has 0 atom stereocenters. The van der Waals surface area contributed by atoms with Gasteiger partial charge in [0.2, 0.25) is 11.0 Å². The lowest BCUT2D eigenvalue weighted by Crippen LogP contribution is -2.07. The standard InChI is InChI=1S/C23H20N4O2S3/c1-16-24-19(15-30-16)13-29-20-10-7-17(8-11-20)9-12-21(28)25-22-26-27-23(32-22)31-14-18-5-3-2-4-6-18/h2-12,15H,13-14H2,1H3,(H,25,26,28)/b12-9+. The molecule has 0 aliphatic heterocycles. The highest BCUT2D eigenvalue weighted by molar-refractivity contribution is 8.00. The van der Waals surface area contributed by atoms with E-state index in [-0.39, 0.29) is 5.91 Å². The number of anilines is 1. The molecule has 0 fully saturated rings. The molecule has 2 aromatic carbocycles. The van der Waals surface area contributed by atoms with Crippen molar-refractivity contribution in [3.05, 3.63) is 87.9 Å². The van der Waals surface area contributed by atoms with Gasteiger partial charge in [0, 0.05) is 17.2 Å². The molecule has 2 aromatic heterocycles. The first kappa shape index (κ1) is 22.2. The van der Waals surface area contributed by atoms with Crippen LogP contribution < -0.4 is 10.1 Å². The first-order valence-electron chi connectivity index (χ1n) is 9.77. The molecule has 0 saturated heterocycles. The molecule has 2 heterocycles. The van der Waals surface area contributed by atoms with Crippen molar-refractivity contribution in [1.29, 1.82) is 0 Å². The maximum atomic E-state index is 12.2.